The van der Waals surface area contributed by atoms with Crippen LogP contribution in [-0.2, 0) is 6.18 Å². The Kier molecular flexibility index (Phi) is 2.91. The average Bonchev–Trinajstić information content (AvgIpc) is 3.01. The van der Waals surface area contributed by atoms with E-state index in [0.29, 0.717) is 0 Å². The molecule has 17 heavy (non-hydrogen) atoms. The van der Waals surface area contributed by atoms with E-state index in [1.807, 2.05) is 0 Å². The summed E-state index contributed by atoms with van der Waals surface area (Å²) in [6.07, 6.45) is -1.60. The van der Waals surface area contributed by atoms with Gasteiger partial charge in [-0.05, 0) is 25.0 Å². The van der Waals surface area contributed by atoms with Crippen molar-refractivity contribution in [3.63, 3.8) is 0 Å². The summed E-state index contributed by atoms with van der Waals surface area (Å²) in [6.45, 7) is 0. The Morgan fingerprint density at radius 1 is 1.35 bits per heavy atom. The van der Waals surface area contributed by atoms with E-state index >= 15 is 0 Å². The molecule has 1 aliphatic carbocycles. The lowest BCUT2D eigenvalue weighted by Crippen LogP contribution is -2.30. The number of aromatic nitrogens is 1. The number of hydrogen-bond acceptors (Lipinski definition) is 2. The van der Waals surface area contributed by atoms with Crippen molar-refractivity contribution in [3.05, 3.63) is 24.0 Å². The number of anilines is 1. The number of nitrogens with one attached hydrogen (secondary N) is 2. The summed E-state index contributed by atoms with van der Waals surface area (Å²) in [5.41, 5.74) is -0.748. The molecule has 0 aliphatic heterocycles. The summed E-state index contributed by atoms with van der Waals surface area (Å²) >= 11 is 0. The largest absolute Gasteiger partial charge is 0.433 e. The van der Waals surface area contributed by atoms with E-state index in [9.17, 15) is 18.0 Å². The van der Waals surface area contributed by atoms with Gasteiger partial charge in [-0.2, -0.15) is 13.2 Å². The minimum absolute atomic E-state index is 0.192. The first kappa shape index (κ1) is 11.7. The first-order valence-corrected chi connectivity index (χ1v) is 5.06. The number of nitrogens with zero attached hydrogens (tertiary/aromatic N) is 1. The highest BCUT2D eigenvalue weighted by Gasteiger charge is 2.32. The molecule has 1 aromatic rings. The maximum Gasteiger partial charge on any atom is 0.433 e. The van der Waals surface area contributed by atoms with E-state index in [1.165, 1.54) is 6.07 Å². The highest BCUT2D eigenvalue weighted by atomic mass is 19.4. The topological polar surface area (TPSA) is 54.0 Å². The van der Waals surface area contributed by atoms with Gasteiger partial charge < -0.3 is 10.6 Å². The van der Waals surface area contributed by atoms with Gasteiger partial charge in [0.2, 0.25) is 0 Å². The fraction of sp³-hybridized carbons (Fsp3) is 0.400. The third-order valence-electron chi connectivity index (χ3n) is 2.22. The molecule has 92 valence electrons. The Labute approximate surface area is 95.2 Å². The number of halogens is 3. The van der Waals surface area contributed by atoms with Crippen LogP contribution in [-0.4, -0.2) is 17.1 Å². The Bertz CT molecular complexity index is 412. The van der Waals surface area contributed by atoms with Crippen molar-refractivity contribution in [1.82, 2.24) is 10.3 Å². The van der Waals surface area contributed by atoms with E-state index in [2.05, 4.69) is 15.6 Å². The molecule has 2 rings (SSSR count). The summed E-state index contributed by atoms with van der Waals surface area (Å²) in [7, 11) is 0. The van der Waals surface area contributed by atoms with Crippen molar-refractivity contribution < 1.29 is 18.0 Å². The van der Waals surface area contributed by atoms with E-state index in [-0.39, 0.29) is 11.7 Å². The molecule has 1 aliphatic rings. The van der Waals surface area contributed by atoms with Gasteiger partial charge in [-0.25, -0.2) is 9.78 Å². The summed E-state index contributed by atoms with van der Waals surface area (Å²) < 4.78 is 36.6. The van der Waals surface area contributed by atoms with Gasteiger partial charge in [0.15, 0.2) is 0 Å². The number of urea groups is 1. The zero-order valence-corrected chi connectivity index (χ0v) is 8.71. The van der Waals surface area contributed by atoms with Crippen LogP contribution in [0.1, 0.15) is 18.5 Å². The fourth-order valence-electron chi connectivity index (χ4n) is 1.22. The normalized spacial score (nSPS) is 15.5. The number of alkyl halides is 3. The van der Waals surface area contributed by atoms with E-state index < -0.39 is 17.9 Å². The molecule has 7 heteroatoms. The minimum Gasteiger partial charge on any atom is -0.335 e. The van der Waals surface area contributed by atoms with Crippen molar-refractivity contribution in [2.75, 3.05) is 5.32 Å². The second-order valence-electron chi connectivity index (χ2n) is 3.80. The zero-order valence-electron chi connectivity index (χ0n) is 8.71. The van der Waals surface area contributed by atoms with Crippen LogP contribution in [0.4, 0.5) is 23.7 Å². The molecule has 4 nitrogen and oxygen atoms in total. The summed E-state index contributed by atoms with van der Waals surface area (Å²) in [6, 6.07) is 1.76. The van der Waals surface area contributed by atoms with Gasteiger partial charge >= 0.3 is 12.2 Å². The van der Waals surface area contributed by atoms with E-state index in [4.69, 9.17) is 0 Å². The molecule has 2 amide bonds. The number of rotatable bonds is 2. The van der Waals surface area contributed by atoms with Crippen molar-refractivity contribution in [2.24, 2.45) is 0 Å². The predicted octanol–water partition coefficient (Wildman–Crippen LogP) is 2.38. The molecule has 1 fully saturated rings. The van der Waals surface area contributed by atoms with Crippen LogP contribution >= 0.6 is 0 Å². The number of carbonyl (C=O) groups excluding carboxylic acids is 1. The third kappa shape index (κ3) is 3.33. The summed E-state index contributed by atoms with van der Waals surface area (Å²) in [4.78, 5) is 14.5. The Hall–Kier alpha value is -1.79. The standard InChI is InChI=1S/C10H10F3N3O/c11-10(12,13)8-4-3-7(5-14-8)16-9(17)15-6-1-2-6/h3-6H,1-2H2,(H2,15,16,17). The number of carbonyl (C=O) groups is 1. The smallest absolute Gasteiger partial charge is 0.335 e. The molecule has 0 aromatic carbocycles. The molecular formula is C10H10F3N3O. The first-order valence-electron chi connectivity index (χ1n) is 5.06. The van der Waals surface area contributed by atoms with Gasteiger partial charge in [0.05, 0.1) is 11.9 Å². The highest BCUT2D eigenvalue weighted by Crippen LogP contribution is 2.27. The van der Waals surface area contributed by atoms with Gasteiger partial charge in [-0.15, -0.1) is 0 Å². The monoisotopic (exact) mass is 245 g/mol. The van der Waals surface area contributed by atoms with Crippen LogP contribution in [0.5, 0.6) is 0 Å². The molecule has 0 unspecified atom stereocenters. The predicted molar refractivity (Wildman–Crippen MR) is 54.4 cm³/mol. The minimum atomic E-state index is -4.46. The van der Waals surface area contributed by atoms with Gasteiger partial charge in [-0.1, -0.05) is 0 Å². The molecular weight excluding hydrogens is 235 g/mol. The lowest BCUT2D eigenvalue weighted by Gasteiger charge is -2.08. The van der Waals surface area contributed by atoms with Crippen LogP contribution in [0.15, 0.2) is 18.3 Å². The Morgan fingerprint density at radius 2 is 2.06 bits per heavy atom. The number of hydrogen-bond donors (Lipinski definition) is 2. The lowest BCUT2D eigenvalue weighted by molar-refractivity contribution is -0.141. The average molecular weight is 245 g/mol. The molecule has 0 atom stereocenters. The molecule has 0 bridgehead atoms. The highest BCUT2D eigenvalue weighted by molar-refractivity contribution is 5.89. The van der Waals surface area contributed by atoms with Crippen molar-refractivity contribution in [2.45, 2.75) is 25.1 Å². The van der Waals surface area contributed by atoms with E-state index in [0.717, 1.165) is 25.1 Å². The van der Waals surface area contributed by atoms with Gasteiger partial charge in [0.1, 0.15) is 5.69 Å². The molecule has 1 heterocycles. The van der Waals surface area contributed by atoms with Crippen LogP contribution in [0, 0.1) is 0 Å². The quantitative estimate of drug-likeness (QED) is 0.840. The van der Waals surface area contributed by atoms with Gasteiger partial charge in [-0.3, -0.25) is 0 Å². The van der Waals surface area contributed by atoms with Crippen molar-refractivity contribution in [3.8, 4) is 0 Å². The molecule has 1 aromatic heterocycles. The number of pyridine rings is 1. The molecule has 0 saturated heterocycles. The van der Waals surface area contributed by atoms with Gasteiger partial charge in [0, 0.05) is 6.04 Å². The molecule has 2 N–H and O–H groups in total. The zero-order chi connectivity index (χ0) is 12.5. The summed E-state index contributed by atoms with van der Waals surface area (Å²) in [5, 5.41) is 5.06. The fourth-order valence-corrected chi connectivity index (χ4v) is 1.22. The maximum absolute atomic E-state index is 12.2. The van der Waals surface area contributed by atoms with Crippen LogP contribution in [0.25, 0.3) is 0 Å². The molecule has 1 saturated carbocycles. The van der Waals surface area contributed by atoms with Crippen molar-refractivity contribution >= 4 is 11.7 Å². The van der Waals surface area contributed by atoms with Crippen LogP contribution in [0.3, 0.4) is 0 Å². The summed E-state index contributed by atoms with van der Waals surface area (Å²) in [5.74, 6) is 0. The first-order chi connectivity index (χ1) is 7.95. The van der Waals surface area contributed by atoms with E-state index in [1.54, 1.807) is 0 Å². The number of amides is 2. The van der Waals surface area contributed by atoms with Gasteiger partial charge in [0.25, 0.3) is 0 Å². The molecule has 0 radical (unpaired) electrons. The Morgan fingerprint density at radius 3 is 2.53 bits per heavy atom. The maximum atomic E-state index is 12.2. The van der Waals surface area contributed by atoms with Crippen LogP contribution < -0.4 is 10.6 Å². The van der Waals surface area contributed by atoms with Crippen molar-refractivity contribution in [1.29, 1.82) is 0 Å². The second-order valence-corrected chi connectivity index (χ2v) is 3.80. The van der Waals surface area contributed by atoms with Crippen LogP contribution in [0.2, 0.25) is 0 Å². The molecule has 0 spiro atoms. The second kappa shape index (κ2) is 4.23. The SMILES string of the molecule is O=C(Nc1ccc(C(F)(F)F)nc1)NC1CC1. The third-order valence-corrected chi connectivity index (χ3v) is 2.22. The lowest BCUT2D eigenvalue weighted by atomic mass is 10.3. The Balaban J connectivity index is 1.95.